The molecule has 0 bridgehead atoms. The number of methoxy groups -OCH3 is 4. The first-order valence-corrected chi connectivity index (χ1v) is 13.8. The Morgan fingerprint density at radius 2 is 1.48 bits per heavy atom. The maximum absolute atomic E-state index is 12.7. The molecule has 2 aromatic rings. The standard InChI is InChI=1S/C26H43N9O5/c1-32-11-12-35(18-20(32)36)23-22-21(28-25(30-23)27-8-15-37-2)24(33-9-6-19(40-5)7-10-33)31-26(29-22)34(13-16-38-3)14-17-39-4/h19H,6-18H2,1-5H3,(H,27,28,30). The second-order valence-electron chi connectivity index (χ2n) is 9.97. The third-order valence-corrected chi connectivity index (χ3v) is 7.33. The molecule has 40 heavy (non-hydrogen) atoms. The lowest BCUT2D eigenvalue weighted by Crippen LogP contribution is -2.49. The molecule has 0 radical (unpaired) electrons. The first kappa shape index (κ1) is 29.9. The highest BCUT2D eigenvalue weighted by atomic mass is 16.5. The van der Waals surface area contributed by atoms with Crippen molar-refractivity contribution in [2.45, 2.75) is 18.9 Å². The number of anilines is 4. The molecule has 14 heteroatoms. The van der Waals surface area contributed by atoms with Gasteiger partial charge in [0.2, 0.25) is 17.8 Å². The molecule has 0 aromatic carbocycles. The van der Waals surface area contributed by atoms with Gasteiger partial charge in [-0.2, -0.15) is 9.97 Å². The van der Waals surface area contributed by atoms with E-state index in [2.05, 4.69) is 15.1 Å². The second kappa shape index (κ2) is 14.5. The summed E-state index contributed by atoms with van der Waals surface area (Å²) in [4.78, 5) is 40.6. The molecule has 2 aliphatic heterocycles. The number of hydrogen-bond donors (Lipinski definition) is 1. The van der Waals surface area contributed by atoms with Gasteiger partial charge >= 0.3 is 0 Å². The molecule has 1 N–H and O–H groups in total. The van der Waals surface area contributed by atoms with Crippen molar-refractivity contribution in [3.63, 3.8) is 0 Å². The van der Waals surface area contributed by atoms with Crippen molar-refractivity contribution in [3.05, 3.63) is 0 Å². The van der Waals surface area contributed by atoms with Crippen molar-refractivity contribution in [1.82, 2.24) is 24.8 Å². The number of carbonyl (C=O) groups excluding carboxylic acids is 1. The Labute approximate surface area is 235 Å². The number of piperidine rings is 1. The van der Waals surface area contributed by atoms with Gasteiger partial charge in [-0.15, -0.1) is 0 Å². The molecule has 0 saturated carbocycles. The predicted molar refractivity (Wildman–Crippen MR) is 154 cm³/mol. The summed E-state index contributed by atoms with van der Waals surface area (Å²) in [6, 6.07) is 0. The van der Waals surface area contributed by atoms with Gasteiger partial charge in [0.1, 0.15) is 11.0 Å². The summed E-state index contributed by atoms with van der Waals surface area (Å²) >= 11 is 0. The van der Waals surface area contributed by atoms with E-state index < -0.39 is 0 Å². The number of likely N-dealkylation sites (N-methyl/N-ethyl adjacent to an activating group) is 1. The Morgan fingerprint density at radius 3 is 2.10 bits per heavy atom. The number of ether oxygens (including phenoxy) is 4. The molecular formula is C26H43N9O5. The SMILES string of the molecule is COCCNc1nc(N2CCN(C)C(=O)C2)c2nc(N(CCOC)CCOC)nc(N3CCC(OC)CC3)c2n1. The zero-order valence-electron chi connectivity index (χ0n) is 24.4. The van der Waals surface area contributed by atoms with Gasteiger partial charge in [0.25, 0.3) is 0 Å². The molecular weight excluding hydrogens is 518 g/mol. The highest BCUT2D eigenvalue weighted by Crippen LogP contribution is 2.33. The highest BCUT2D eigenvalue weighted by molar-refractivity contribution is 5.96. The number of piperazine rings is 1. The first-order chi connectivity index (χ1) is 19.5. The van der Waals surface area contributed by atoms with Crippen molar-refractivity contribution in [3.8, 4) is 0 Å². The van der Waals surface area contributed by atoms with E-state index in [-0.39, 0.29) is 18.6 Å². The lowest BCUT2D eigenvalue weighted by Gasteiger charge is -2.35. The Bertz CT molecular complexity index is 1110. The van der Waals surface area contributed by atoms with Crippen LogP contribution in [0.5, 0.6) is 0 Å². The largest absolute Gasteiger partial charge is 0.383 e. The molecule has 2 fully saturated rings. The van der Waals surface area contributed by atoms with Crippen LogP contribution in [0.1, 0.15) is 12.8 Å². The summed E-state index contributed by atoms with van der Waals surface area (Å²) in [6.07, 6.45) is 1.99. The van der Waals surface area contributed by atoms with Gasteiger partial charge in [0.05, 0.1) is 32.5 Å². The fraction of sp³-hybridized carbons (Fsp3) is 0.731. The third kappa shape index (κ3) is 7.16. The van der Waals surface area contributed by atoms with Crippen LogP contribution in [0.3, 0.4) is 0 Å². The predicted octanol–water partition coefficient (Wildman–Crippen LogP) is 0.471. The lowest BCUT2D eigenvalue weighted by molar-refractivity contribution is -0.129. The van der Waals surface area contributed by atoms with E-state index in [0.717, 1.165) is 31.7 Å². The van der Waals surface area contributed by atoms with E-state index in [9.17, 15) is 4.79 Å². The Hall–Kier alpha value is -3.07. The monoisotopic (exact) mass is 561 g/mol. The van der Waals surface area contributed by atoms with Gasteiger partial charge < -0.3 is 43.9 Å². The molecule has 0 unspecified atom stereocenters. The summed E-state index contributed by atoms with van der Waals surface area (Å²) in [5.41, 5.74) is 1.26. The van der Waals surface area contributed by atoms with Gasteiger partial charge in [-0.1, -0.05) is 0 Å². The summed E-state index contributed by atoms with van der Waals surface area (Å²) < 4.78 is 21.6. The highest BCUT2D eigenvalue weighted by Gasteiger charge is 2.29. The number of hydrogen-bond acceptors (Lipinski definition) is 13. The lowest BCUT2D eigenvalue weighted by atomic mass is 10.1. The number of rotatable bonds is 14. The maximum atomic E-state index is 12.7. The number of nitrogens with one attached hydrogen (secondary N) is 1. The van der Waals surface area contributed by atoms with Crippen LogP contribution in [0.25, 0.3) is 11.0 Å². The average Bonchev–Trinajstić information content (AvgIpc) is 2.98. The van der Waals surface area contributed by atoms with Crippen LogP contribution in [0, 0.1) is 0 Å². The molecule has 2 aromatic heterocycles. The van der Waals surface area contributed by atoms with Crippen molar-refractivity contribution < 1.29 is 23.7 Å². The van der Waals surface area contributed by atoms with Crippen LogP contribution in [-0.4, -0.2) is 145 Å². The number of fused-ring (bicyclic) bond motifs is 1. The maximum Gasteiger partial charge on any atom is 0.241 e. The van der Waals surface area contributed by atoms with E-state index in [4.69, 9.17) is 38.9 Å². The molecule has 2 saturated heterocycles. The van der Waals surface area contributed by atoms with E-state index in [0.29, 0.717) is 81.3 Å². The molecule has 4 rings (SSSR count). The fourth-order valence-corrected chi connectivity index (χ4v) is 4.86. The molecule has 222 valence electrons. The normalized spacial score (nSPS) is 16.7. The van der Waals surface area contributed by atoms with Crippen LogP contribution in [-0.2, 0) is 23.7 Å². The molecule has 4 heterocycles. The van der Waals surface area contributed by atoms with Crippen LogP contribution in [0.4, 0.5) is 23.5 Å². The number of aromatic nitrogens is 4. The van der Waals surface area contributed by atoms with Gasteiger partial charge in [0.15, 0.2) is 11.6 Å². The summed E-state index contributed by atoms with van der Waals surface area (Å²) in [6.45, 7) is 6.26. The van der Waals surface area contributed by atoms with Crippen LogP contribution < -0.4 is 20.0 Å². The van der Waals surface area contributed by atoms with Crippen LogP contribution in [0.2, 0.25) is 0 Å². The molecule has 0 spiro atoms. The Morgan fingerprint density at radius 1 is 0.825 bits per heavy atom. The fourth-order valence-electron chi connectivity index (χ4n) is 4.86. The van der Waals surface area contributed by atoms with E-state index >= 15 is 0 Å². The van der Waals surface area contributed by atoms with E-state index in [1.165, 1.54) is 0 Å². The molecule has 2 aliphatic rings. The van der Waals surface area contributed by atoms with Crippen LogP contribution >= 0.6 is 0 Å². The number of amides is 1. The molecule has 0 aliphatic carbocycles. The minimum atomic E-state index is 0.0323. The van der Waals surface area contributed by atoms with Gasteiger partial charge in [-0.05, 0) is 12.8 Å². The van der Waals surface area contributed by atoms with E-state index in [1.807, 2.05) is 11.9 Å². The summed E-state index contributed by atoms with van der Waals surface area (Å²) in [7, 11) is 8.59. The van der Waals surface area contributed by atoms with Gasteiger partial charge in [0, 0.05) is 81.3 Å². The minimum Gasteiger partial charge on any atom is -0.383 e. The Kier molecular flexibility index (Phi) is 10.9. The van der Waals surface area contributed by atoms with E-state index in [1.54, 1.807) is 33.3 Å². The third-order valence-electron chi connectivity index (χ3n) is 7.33. The molecule has 14 nitrogen and oxygen atoms in total. The topological polar surface area (TPSA) is 131 Å². The molecule has 0 atom stereocenters. The van der Waals surface area contributed by atoms with Crippen molar-refractivity contribution in [2.24, 2.45) is 0 Å². The first-order valence-electron chi connectivity index (χ1n) is 13.8. The summed E-state index contributed by atoms with van der Waals surface area (Å²) in [5.74, 6) is 2.39. The van der Waals surface area contributed by atoms with Crippen molar-refractivity contribution in [2.75, 3.05) is 128 Å². The van der Waals surface area contributed by atoms with Crippen molar-refractivity contribution in [1.29, 1.82) is 0 Å². The summed E-state index contributed by atoms with van der Waals surface area (Å²) in [5, 5.41) is 3.27. The average molecular weight is 562 g/mol. The number of nitrogens with zero attached hydrogens (tertiary/aromatic N) is 8. The van der Waals surface area contributed by atoms with Gasteiger partial charge in [-0.25, -0.2) is 9.97 Å². The smallest absolute Gasteiger partial charge is 0.241 e. The number of carbonyl (C=O) groups is 1. The van der Waals surface area contributed by atoms with Gasteiger partial charge in [-0.3, -0.25) is 4.79 Å². The second-order valence-corrected chi connectivity index (χ2v) is 9.97. The minimum absolute atomic E-state index is 0.0323. The Balaban J connectivity index is 1.86. The zero-order valence-corrected chi connectivity index (χ0v) is 24.4. The molecule has 1 amide bonds. The van der Waals surface area contributed by atoms with Crippen LogP contribution in [0.15, 0.2) is 0 Å². The quantitative estimate of drug-likeness (QED) is 0.321. The zero-order chi connectivity index (χ0) is 28.5. The van der Waals surface area contributed by atoms with Crippen molar-refractivity contribution >= 4 is 40.5 Å².